The average molecular weight is 689 g/mol. The molecule has 0 saturated carbocycles. The van der Waals surface area contributed by atoms with Gasteiger partial charge in [0.05, 0.1) is 5.03 Å². The molecule has 3 heterocycles. The predicted molar refractivity (Wildman–Crippen MR) is 153 cm³/mol. The van der Waals surface area contributed by atoms with Crippen molar-refractivity contribution in [3.8, 4) is 11.1 Å². The number of nitrogens with zero attached hydrogens (tertiary/aromatic N) is 5. The normalized spacial score (nSPS) is 13.6. The molecule has 6 rings (SSSR count). The monoisotopic (exact) mass is 689 g/mol. The fraction of sp³-hybridized carbons (Fsp3) is 0. The van der Waals surface area contributed by atoms with Gasteiger partial charge in [0.2, 0.25) is 0 Å². The number of anilines is 2. The molecule has 0 unspecified atom stereocenters. The number of hydrogen-bond donors (Lipinski definition) is 0. The van der Waals surface area contributed by atoms with Crippen LogP contribution in [0.5, 0.6) is 0 Å². The summed E-state index contributed by atoms with van der Waals surface area (Å²) in [5.41, 5.74) is 6.09. The van der Waals surface area contributed by atoms with Crippen LogP contribution in [0.25, 0.3) is 28.2 Å². The van der Waals surface area contributed by atoms with Crippen LogP contribution >= 0.6 is 11.8 Å². The summed E-state index contributed by atoms with van der Waals surface area (Å²) in [7, 11) is 0. The molecule has 3 aromatic carbocycles. The molecule has 1 aliphatic rings. The van der Waals surface area contributed by atoms with Crippen LogP contribution in [-0.4, -0.2) is 15.0 Å². The second-order valence-corrected chi connectivity index (χ2v) is 9.30. The van der Waals surface area contributed by atoms with Crippen LogP contribution < -0.4 is 4.90 Å². The zero-order valence-corrected chi connectivity index (χ0v) is 23.4. The van der Waals surface area contributed by atoms with Crippen molar-refractivity contribution in [1.82, 2.24) is 15.0 Å². The van der Waals surface area contributed by atoms with E-state index in [1.165, 1.54) is 0 Å². The fourth-order valence-electron chi connectivity index (χ4n) is 4.08. The Bertz CT molecular complexity index is 1500. The molecule has 0 saturated heterocycles. The van der Waals surface area contributed by atoms with Gasteiger partial charge in [-0.2, -0.15) is 0 Å². The van der Waals surface area contributed by atoms with Gasteiger partial charge in [-0.3, -0.25) is 4.98 Å². The van der Waals surface area contributed by atoms with Gasteiger partial charge in [-0.25, -0.2) is 9.97 Å². The average Bonchev–Trinajstić information content (AvgIpc) is 3.39. The van der Waals surface area contributed by atoms with Gasteiger partial charge in [-0.15, -0.1) is 0 Å². The van der Waals surface area contributed by atoms with Crippen molar-refractivity contribution in [3.05, 3.63) is 155 Å². The van der Waals surface area contributed by atoms with Gasteiger partial charge in [-0.05, 0) is 53.6 Å². The summed E-state index contributed by atoms with van der Waals surface area (Å²) in [6, 6.07) is 34.9. The number of thioether (sulfide) groups is 1. The van der Waals surface area contributed by atoms with Crippen LogP contribution in [0.4, 0.5) is 11.4 Å². The Balaban J connectivity index is 0.00000294. The minimum atomic E-state index is 0. The first-order valence-electron chi connectivity index (χ1n) is 11.9. The second kappa shape index (κ2) is 12.0. The standard InChI is InChI=1S/C31H22N5S.Ir/c1-4-10-24(11-5-1)30-31(36(26-12-6-2-7-13-26)27-14-8-3-9-15-27)37-29(35-30)20-28-33-21-25(22-34-28)23-16-18-32-19-17-23;/h1-22H;/q-1;/b29-20+;. The van der Waals surface area contributed by atoms with Gasteiger partial charge in [-0.1, -0.05) is 89.2 Å². The van der Waals surface area contributed by atoms with Crippen LogP contribution in [0.3, 0.4) is 0 Å². The van der Waals surface area contributed by atoms with E-state index in [2.05, 4.69) is 80.5 Å². The van der Waals surface area contributed by atoms with Crippen molar-refractivity contribution < 1.29 is 20.1 Å². The number of rotatable bonds is 6. The number of pyridine rings is 1. The summed E-state index contributed by atoms with van der Waals surface area (Å²) in [5.74, 6) is 0.615. The maximum Gasteiger partial charge on any atom is 0.151 e. The van der Waals surface area contributed by atoms with E-state index in [-0.39, 0.29) is 20.1 Å². The third kappa shape index (κ3) is 5.60. The van der Waals surface area contributed by atoms with Gasteiger partial charge >= 0.3 is 0 Å². The molecule has 2 aromatic heterocycles. The van der Waals surface area contributed by atoms with Gasteiger partial charge < -0.3 is 10.2 Å². The molecule has 0 N–H and O–H groups in total. The maximum atomic E-state index is 5.06. The van der Waals surface area contributed by atoms with Crippen molar-refractivity contribution in [3.63, 3.8) is 0 Å². The van der Waals surface area contributed by atoms with Crippen molar-refractivity contribution in [1.29, 1.82) is 0 Å². The molecular weight excluding hydrogens is 667 g/mol. The summed E-state index contributed by atoms with van der Waals surface area (Å²) >= 11 is 1.62. The van der Waals surface area contributed by atoms with E-state index in [4.69, 9.17) is 5.32 Å². The summed E-state index contributed by atoms with van der Waals surface area (Å²) in [5, 5.41) is 6.93. The molecule has 0 aliphatic carbocycles. The Morgan fingerprint density at radius 2 is 1.18 bits per heavy atom. The second-order valence-electron chi connectivity index (χ2n) is 8.29. The van der Waals surface area contributed by atoms with Crippen molar-refractivity contribution in [2.45, 2.75) is 0 Å². The molecule has 38 heavy (non-hydrogen) atoms. The molecule has 0 spiro atoms. The first kappa shape index (κ1) is 25.6. The Morgan fingerprint density at radius 1 is 0.632 bits per heavy atom. The van der Waals surface area contributed by atoms with E-state index in [0.717, 1.165) is 43.8 Å². The van der Waals surface area contributed by atoms with Crippen LogP contribution in [0.2, 0.25) is 0 Å². The molecular formula is C31H22IrN5S-. The van der Waals surface area contributed by atoms with Gasteiger partial charge in [0.25, 0.3) is 0 Å². The summed E-state index contributed by atoms with van der Waals surface area (Å²) in [4.78, 5) is 15.5. The third-order valence-electron chi connectivity index (χ3n) is 5.84. The van der Waals surface area contributed by atoms with Gasteiger partial charge in [0, 0.05) is 61.8 Å². The number of hydrogen-bond acceptors (Lipinski definition) is 5. The van der Waals surface area contributed by atoms with Crippen molar-refractivity contribution in [2.75, 3.05) is 4.90 Å². The molecule has 7 heteroatoms. The molecule has 0 amide bonds. The van der Waals surface area contributed by atoms with E-state index < -0.39 is 0 Å². The minimum absolute atomic E-state index is 0. The van der Waals surface area contributed by atoms with Crippen molar-refractivity contribution in [2.24, 2.45) is 0 Å². The van der Waals surface area contributed by atoms with Crippen LogP contribution in [0.15, 0.2) is 138 Å². The van der Waals surface area contributed by atoms with E-state index in [9.17, 15) is 0 Å². The van der Waals surface area contributed by atoms with Crippen molar-refractivity contribution >= 4 is 34.9 Å². The quantitative estimate of drug-likeness (QED) is 0.181. The largest absolute Gasteiger partial charge is 0.649 e. The summed E-state index contributed by atoms with van der Waals surface area (Å²) in [6.45, 7) is 0. The first-order chi connectivity index (χ1) is 18.3. The fourth-order valence-corrected chi connectivity index (χ4v) is 5.14. The minimum Gasteiger partial charge on any atom is -0.649 e. The van der Waals surface area contributed by atoms with Crippen LogP contribution in [0.1, 0.15) is 11.4 Å². The molecule has 1 radical (unpaired) electrons. The number of benzene rings is 3. The molecule has 0 atom stereocenters. The van der Waals surface area contributed by atoms with Gasteiger partial charge in [0.15, 0.2) is 5.82 Å². The molecule has 0 fully saturated rings. The van der Waals surface area contributed by atoms with E-state index in [1.54, 1.807) is 24.2 Å². The molecule has 187 valence electrons. The first-order valence-corrected chi connectivity index (χ1v) is 12.7. The zero-order valence-electron chi connectivity index (χ0n) is 20.2. The third-order valence-corrected chi connectivity index (χ3v) is 6.83. The van der Waals surface area contributed by atoms with Crippen LogP contribution in [0, 0.1) is 0 Å². The molecule has 0 bridgehead atoms. The Kier molecular flexibility index (Phi) is 8.09. The molecule has 1 aliphatic heterocycles. The summed E-state index contributed by atoms with van der Waals surface area (Å²) < 4.78 is 0. The Labute approximate surface area is 239 Å². The Morgan fingerprint density at radius 3 is 1.76 bits per heavy atom. The Hall–Kier alpha value is -4.03. The zero-order chi connectivity index (χ0) is 24.9. The van der Waals surface area contributed by atoms with E-state index >= 15 is 0 Å². The van der Waals surface area contributed by atoms with Gasteiger partial charge in [0.1, 0.15) is 0 Å². The molecule has 5 nitrogen and oxygen atoms in total. The van der Waals surface area contributed by atoms with Crippen LogP contribution in [-0.2, 0) is 20.1 Å². The van der Waals surface area contributed by atoms with E-state index in [1.807, 2.05) is 60.9 Å². The number of para-hydroxylation sites is 2. The topological polar surface area (TPSA) is 56.0 Å². The predicted octanol–water partition coefficient (Wildman–Crippen LogP) is 8.12. The maximum absolute atomic E-state index is 5.06. The number of aromatic nitrogens is 3. The molecule has 5 aromatic rings. The smallest absolute Gasteiger partial charge is 0.151 e. The summed E-state index contributed by atoms with van der Waals surface area (Å²) in [6.07, 6.45) is 9.14. The van der Waals surface area contributed by atoms with E-state index in [0.29, 0.717) is 5.82 Å². The SMILES string of the molecule is C(=C1/[N-]C(c2ccccc2)=C(N(c2ccccc2)c2ccccc2)S1)/c1ncc(-c2ccncc2)cn1.[Ir].